The first kappa shape index (κ1) is 6.80. The largest absolute Gasteiger partial charge is 0.323 e. The van der Waals surface area contributed by atoms with Crippen LogP contribution in [0.15, 0.2) is 12.1 Å². The van der Waals surface area contributed by atoms with Crippen molar-refractivity contribution in [2.45, 2.75) is 25.8 Å². The Morgan fingerprint density at radius 2 is 2.36 bits per heavy atom. The van der Waals surface area contributed by atoms with E-state index in [2.05, 4.69) is 17.1 Å². The quantitative estimate of drug-likeness (QED) is 0.603. The molecule has 1 aliphatic rings. The van der Waals surface area contributed by atoms with Gasteiger partial charge in [0.25, 0.3) is 0 Å². The number of hydrogen-bond acceptors (Lipinski definition) is 2. The molecule has 11 heavy (non-hydrogen) atoms. The number of rotatable bonds is 0. The Kier molecular flexibility index (Phi) is 1.43. The number of hydrogen-bond donors (Lipinski definition) is 1. The minimum absolute atomic E-state index is 0.185. The van der Waals surface area contributed by atoms with E-state index >= 15 is 0 Å². The van der Waals surface area contributed by atoms with Gasteiger partial charge < -0.3 is 5.73 Å². The highest BCUT2D eigenvalue weighted by molar-refractivity contribution is 5.29. The van der Waals surface area contributed by atoms with E-state index < -0.39 is 0 Å². The number of nitrogens with zero attached hydrogens (tertiary/aromatic N) is 1. The Hall–Kier alpha value is -0.890. The lowest BCUT2D eigenvalue weighted by atomic mass is 10.2. The van der Waals surface area contributed by atoms with E-state index in [0.29, 0.717) is 0 Å². The molecule has 0 saturated heterocycles. The molecule has 0 unspecified atom stereocenters. The van der Waals surface area contributed by atoms with Gasteiger partial charge in [-0.25, -0.2) is 0 Å². The van der Waals surface area contributed by atoms with Gasteiger partial charge in [-0.05, 0) is 31.4 Å². The maximum absolute atomic E-state index is 5.85. The van der Waals surface area contributed by atoms with Crippen LogP contribution in [0.3, 0.4) is 0 Å². The first-order valence-corrected chi connectivity index (χ1v) is 3.99. The van der Waals surface area contributed by atoms with Gasteiger partial charge in [-0.15, -0.1) is 0 Å². The Balaban J connectivity index is 2.52. The summed E-state index contributed by atoms with van der Waals surface area (Å²) in [6.45, 7) is 2.01. The summed E-state index contributed by atoms with van der Waals surface area (Å²) in [5.41, 5.74) is 9.38. The van der Waals surface area contributed by atoms with Gasteiger partial charge in [0.1, 0.15) is 0 Å². The summed E-state index contributed by atoms with van der Waals surface area (Å²) >= 11 is 0. The van der Waals surface area contributed by atoms with E-state index in [-0.39, 0.29) is 6.04 Å². The van der Waals surface area contributed by atoms with Gasteiger partial charge in [0.05, 0.1) is 5.69 Å². The number of pyridine rings is 1. The van der Waals surface area contributed by atoms with E-state index in [1.54, 1.807) is 0 Å². The molecule has 58 valence electrons. The molecule has 2 rings (SSSR count). The third-order valence-corrected chi connectivity index (χ3v) is 2.23. The van der Waals surface area contributed by atoms with Crippen LogP contribution < -0.4 is 5.73 Å². The zero-order chi connectivity index (χ0) is 7.84. The topological polar surface area (TPSA) is 38.9 Å². The van der Waals surface area contributed by atoms with Crippen LogP contribution in [-0.4, -0.2) is 4.98 Å². The maximum Gasteiger partial charge on any atom is 0.0606 e. The summed E-state index contributed by atoms with van der Waals surface area (Å²) in [6.07, 6.45) is 2.16. The zero-order valence-corrected chi connectivity index (χ0v) is 6.67. The second-order valence-corrected chi connectivity index (χ2v) is 3.14. The lowest BCUT2D eigenvalue weighted by Crippen LogP contribution is -2.07. The SMILES string of the molecule is Cc1ccc2c(n1)[C@@H](N)CC2. The molecule has 0 radical (unpaired) electrons. The van der Waals surface area contributed by atoms with Gasteiger partial charge in [0, 0.05) is 11.7 Å². The van der Waals surface area contributed by atoms with Crippen LogP contribution in [0.1, 0.15) is 29.4 Å². The average Bonchev–Trinajstić information content (AvgIpc) is 2.33. The molecule has 0 aliphatic heterocycles. The molecule has 2 nitrogen and oxygen atoms in total. The van der Waals surface area contributed by atoms with Gasteiger partial charge >= 0.3 is 0 Å². The van der Waals surface area contributed by atoms with Gasteiger partial charge in [0.15, 0.2) is 0 Å². The molecule has 1 aromatic rings. The van der Waals surface area contributed by atoms with Crippen molar-refractivity contribution in [2.75, 3.05) is 0 Å². The highest BCUT2D eigenvalue weighted by Crippen LogP contribution is 2.26. The second kappa shape index (κ2) is 2.31. The Morgan fingerprint density at radius 1 is 1.55 bits per heavy atom. The molecule has 2 N–H and O–H groups in total. The average molecular weight is 148 g/mol. The Morgan fingerprint density at radius 3 is 3.18 bits per heavy atom. The van der Waals surface area contributed by atoms with Crippen molar-refractivity contribution in [3.63, 3.8) is 0 Å². The maximum atomic E-state index is 5.85. The highest BCUT2D eigenvalue weighted by atomic mass is 14.8. The van der Waals surface area contributed by atoms with E-state index in [0.717, 1.165) is 24.2 Å². The first-order chi connectivity index (χ1) is 5.27. The van der Waals surface area contributed by atoms with Crippen LogP contribution in [0.25, 0.3) is 0 Å². The molecular formula is C9H12N2. The first-order valence-electron chi connectivity index (χ1n) is 3.99. The standard InChI is InChI=1S/C9H12N2/c1-6-2-3-7-4-5-8(10)9(7)11-6/h2-3,8H,4-5,10H2,1H3/t8-/m0/s1. The van der Waals surface area contributed by atoms with Crippen LogP contribution in [-0.2, 0) is 6.42 Å². The second-order valence-electron chi connectivity index (χ2n) is 3.14. The summed E-state index contributed by atoms with van der Waals surface area (Å²) in [4.78, 5) is 4.41. The van der Waals surface area contributed by atoms with Gasteiger partial charge in [-0.1, -0.05) is 6.07 Å². The molecule has 2 heteroatoms. The van der Waals surface area contributed by atoms with Gasteiger partial charge in [-0.2, -0.15) is 0 Å². The van der Waals surface area contributed by atoms with Crippen LogP contribution >= 0.6 is 0 Å². The van der Waals surface area contributed by atoms with Crippen LogP contribution in [0.5, 0.6) is 0 Å². The van der Waals surface area contributed by atoms with Crippen molar-refractivity contribution in [3.05, 3.63) is 29.1 Å². The number of aromatic nitrogens is 1. The minimum atomic E-state index is 0.185. The highest BCUT2D eigenvalue weighted by Gasteiger charge is 2.19. The summed E-state index contributed by atoms with van der Waals surface area (Å²) in [5.74, 6) is 0. The third-order valence-electron chi connectivity index (χ3n) is 2.23. The minimum Gasteiger partial charge on any atom is -0.323 e. The number of fused-ring (bicyclic) bond motifs is 1. The van der Waals surface area contributed by atoms with E-state index in [9.17, 15) is 0 Å². The summed E-state index contributed by atoms with van der Waals surface area (Å²) < 4.78 is 0. The molecule has 1 heterocycles. The molecule has 1 aromatic heterocycles. The fourth-order valence-corrected chi connectivity index (χ4v) is 1.59. The van der Waals surface area contributed by atoms with Crippen molar-refractivity contribution in [1.29, 1.82) is 0 Å². The molecule has 1 aliphatic carbocycles. The summed E-state index contributed by atoms with van der Waals surface area (Å²) in [6, 6.07) is 4.38. The third kappa shape index (κ3) is 1.03. The monoisotopic (exact) mass is 148 g/mol. The zero-order valence-electron chi connectivity index (χ0n) is 6.67. The van der Waals surface area contributed by atoms with Crippen LogP contribution in [0.4, 0.5) is 0 Å². The fourth-order valence-electron chi connectivity index (χ4n) is 1.59. The van der Waals surface area contributed by atoms with Gasteiger partial charge in [0.2, 0.25) is 0 Å². The van der Waals surface area contributed by atoms with Crippen molar-refractivity contribution in [3.8, 4) is 0 Å². The molecule has 0 amide bonds. The normalized spacial score (nSPS) is 21.8. The Labute approximate surface area is 66.4 Å². The molecule has 1 atom stereocenters. The molecule has 0 saturated carbocycles. The van der Waals surface area contributed by atoms with E-state index in [1.807, 2.05) is 6.92 Å². The van der Waals surface area contributed by atoms with Crippen molar-refractivity contribution < 1.29 is 0 Å². The Bertz CT molecular complexity index is 281. The lowest BCUT2D eigenvalue weighted by Gasteiger charge is -2.03. The summed E-state index contributed by atoms with van der Waals surface area (Å²) in [7, 11) is 0. The summed E-state index contributed by atoms with van der Waals surface area (Å²) in [5, 5.41) is 0. The molecule has 0 bridgehead atoms. The number of aryl methyl sites for hydroxylation is 2. The van der Waals surface area contributed by atoms with Crippen molar-refractivity contribution in [1.82, 2.24) is 4.98 Å². The lowest BCUT2D eigenvalue weighted by molar-refractivity contribution is 0.696. The predicted molar refractivity (Wildman–Crippen MR) is 44.2 cm³/mol. The van der Waals surface area contributed by atoms with Crippen LogP contribution in [0, 0.1) is 6.92 Å². The van der Waals surface area contributed by atoms with Crippen LogP contribution in [0.2, 0.25) is 0 Å². The van der Waals surface area contributed by atoms with Gasteiger partial charge in [-0.3, -0.25) is 4.98 Å². The van der Waals surface area contributed by atoms with E-state index in [1.165, 1.54) is 5.56 Å². The molecule has 0 spiro atoms. The smallest absolute Gasteiger partial charge is 0.0606 e. The van der Waals surface area contributed by atoms with E-state index in [4.69, 9.17) is 5.73 Å². The molecular weight excluding hydrogens is 136 g/mol. The molecule has 0 aromatic carbocycles. The van der Waals surface area contributed by atoms with Crippen molar-refractivity contribution >= 4 is 0 Å². The predicted octanol–water partition coefficient (Wildman–Crippen LogP) is 1.34. The molecule has 0 fully saturated rings. The fraction of sp³-hybridized carbons (Fsp3) is 0.444. The van der Waals surface area contributed by atoms with Crippen molar-refractivity contribution in [2.24, 2.45) is 5.73 Å². The number of nitrogens with two attached hydrogens (primary N) is 1.